The molecule has 0 atom stereocenters. The molecule has 0 radical (unpaired) electrons. The topological polar surface area (TPSA) is 47.4 Å². The van der Waals surface area contributed by atoms with Gasteiger partial charge in [-0.05, 0) is 25.9 Å². The fourth-order valence-electron chi connectivity index (χ4n) is 1.84. The fourth-order valence-corrected chi connectivity index (χ4v) is 2.57. The van der Waals surface area contributed by atoms with E-state index in [-0.39, 0.29) is 5.91 Å². The smallest absolute Gasteiger partial charge is 0.240 e. The number of hydrogen-bond acceptors (Lipinski definition) is 4. The van der Waals surface area contributed by atoms with E-state index in [2.05, 4.69) is 4.90 Å². The van der Waals surface area contributed by atoms with Gasteiger partial charge in [0.05, 0.1) is 12.4 Å². The molecule has 1 amide bonds. The summed E-state index contributed by atoms with van der Waals surface area (Å²) in [5, 5.41) is 8.01. The van der Waals surface area contributed by atoms with E-state index in [0.29, 0.717) is 17.6 Å². The van der Waals surface area contributed by atoms with Gasteiger partial charge in [-0.3, -0.25) is 20.0 Å². The lowest BCUT2D eigenvalue weighted by atomic mass is 10.1. The van der Waals surface area contributed by atoms with E-state index >= 15 is 0 Å². The maximum Gasteiger partial charge on any atom is 0.240 e. The van der Waals surface area contributed by atoms with Crippen molar-refractivity contribution in [2.45, 2.75) is 19.3 Å². The monoisotopic (exact) mass is 213 g/mol. The van der Waals surface area contributed by atoms with E-state index in [0.717, 1.165) is 13.1 Å². The number of amidine groups is 1. The SMILES string of the molecule is N=C1SCC(=O)N1CN1CCCCC1. The molecule has 2 heterocycles. The minimum absolute atomic E-state index is 0.0885. The van der Waals surface area contributed by atoms with Gasteiger partial charge in [-0.2, -0.15) is 0 Å². The van der Waals surface area contributed by atoms with Crippen LogP contribution >= 0.6 is 11.8 Å². The second kappa shape index (κ2) is 4.31. The van der Waals surface area contributed by atoms with Gasteiger partial charge < -0.3 is 0 Å². The first-order chi connectivity index (χ1) is 6.77. The van der Waals surface area contributed by atoms with Crippen LogP contribution in [0.25, 0.3) is 0 Å². The maximum absolute atomic E-state index is 11.4. The molecule has 0 bridgehead atoms. The first kappa shape index (κ1) is 9.98. The van der Waals surface area contributed by atoms with Crippen LogP contribution < -0.4 is 0 Å². The van der Waals surface area contributed by atoms with Crippen LogP contribution in [0, 0.1) is 5.41 Å². The Morgan fingerprint density at radius 1 is 1.29 bits per heavy atom. The number of nitrogens with zero attached hydrogens (tertiary/aromatic N) is 2. The normalized spacial score (nSPS) is 24.7. The zero-order valence-electron chi connectivity index (χ0n) is 8.16. The Hall–Kier alpha value is -0.550. The third kappa shape index (κ3) is 2.09. The van der Waals surface area contributed by atoms with Crippen molar-refractivity contribution in [1.29, 1.82) is 5.41 Å². The minimum Gasteiger partial charge on any atom is -0.286 e. The van der Waals surface area contributed by atoms with Gasteiger partial charge in [-0.1, -0.05) is 18.2 Å². The van der Waals surface area contributed by atoms with Crippen molar-refractivity contribution in [3.63, 3.8) is 0 Å². The lowest BCUT2D eigenvalue weighted by Gasteiger charge is -2.30. The van der Waals surface area contributed by atoms with Crippen LogP contribution in [0.1, 0.15) is 19.3 Å². The van der Waals surface area contributed by atoms with E-state index in [1.54, 1.807) is 4.90 Å². The Morgan fingerprint density at radius 3 is 2.57 bits per heavy atom. The molecule has 0 spiro atoms. The number of carbonyl (C=O) groups excluding carboxylic acids is 1. The third-order valence-corrected chi connectivity index (χ3v) is 3.55. The summed E-state index contributed by atoms with van der Waals surface area (Å²) < 4.78 is 0. The van der Waals surface area contributed by atoms with Crippen LogP contribution in [0.15, 0.2) is 0 Å². The molecule has 78 valence electrons. The van der Waals surface area contributed by atoms with Gasteiger partial charge in [0.15, 0.2) is 5.17 Å². The second-order valence-corrected chi connectivity index (χ2v) is 4.70. The molecule has 1 N–H and O–H groups in total. The molecule has 2 saturated heterocycles. The lowest BCUT2D eigenvalue weighted by molar-refractivity contribution is -0.125. The number of carbonyl (C=O) groups is 1. The van der Waals surface area contributed by atoms with Gasteiger partial charge in [0.25, 0.3) is 0 Å². The van der Waals surface area contributed by atoms with Crippen LogP contribution in [0.2, 0.25) is 0 Å². The molecule has 2 aliphatic heterocycles. The number of likely N-dealkylation sites (tertiary alicyclic amines) is 1. The molecule has 2 rings (SSSR count). The highest BCUT2D eigenvalue weighted by molar-refractivity contribution is 8.14. The van der Waals surface area contributed by atoms with Crippen LogP contribution in [0.5, 0.6) is 0 Å². The fraction of sp³-hybridized carbons (Fsp3) is 0.778. The molecule has 2 fully saturated rings. The number of thioether (sulfide) groups is 1. The summed E-state index contributed by atoms with van der Waals surface area (Å²) in [4.78, 5) is 15.3. The summed E-state index contributed by atoms with van der Waals surface area (Å²) in [5.41, 5.74) is 0. The molecule has 0 aromatic carbocycles. The Kier molecular flexibility index (Phi) is 3.08. The van der Waals surface area contributed by atoms with Gasteiger partial charge in [0.1, 0.15) is 0 Å². The van der Waals surface area contributed by atoms with Crippen LogP contribution in [0.4, 0.5) is 0 Å². The third-order valence-electron chi connectivity index (χ3n) is 2.67. The molecule has 0 unspecified atom stereocenters. The zero-order valence-corrected chi connectivity index (χ0v) is 8.98. The molecule has 0 aromatic rings. The number of hydrogen-bond donors (Lipinski definition) is 1. The number of nitrogens with one attached hydrogen (secondary N) is 1. The average Bonchev–Trinajstić information content (AvgIpc) is 2.51. The van der Waals surface area contributed by atoms with Gasteiger partial charge >= 0.3 is 0 Å². The zero-order chi connectivity index (χ0) is 9.97. The van der Waals surface area contributed by atoms with Gasteiger partial charge in [-0.25, -0.2) is 0 Å². The highest BCUT2D eigenvalue weighted by Gasteiger charge is 2.28. The lowest BCUT2D eigenvalue weighted by Crippen LogP contribution is -2.42. The molecular weight excluding hydrogens is 198 g/mol. The Bertz CT molecular complexity index is 234. The van der Waals surface area contributed by atoms with E-state index in [4.69, 9.17) is 5.41 Å². The summed E-state index contributed by atoms with van der Waals surface area (Å²) in [6.45, 7) is 2.77. The summed E-state index contributed by atoms with van der Waals surface area (Å²) in [6.07, 6.45) is 3.75. The summed E-state index contributed by atoms with van der Waals surface area (Å²) in [7, 11) is 0. The molecule has 14 heavy (non-hydrogen) atoms. The van der Waals surface area contributed by atoms with Crippen molar-refractivity contribution in [2.75, 3.05) is 25.5 Å². The Labute approximate surface area is 88.1 Å². The highest BCUT2D eigenvalue weighted by atomic mass is 32.2. The van der Waals surface area contributed by atoms with E-state index in [1.165, 1.54) is 31.0 Å². The molecular formula is C9H15N3OS. The maximum atomic E-state index is 11.4. The molecule has 5 heteroatoms. The summed E-state index contributed by atoms with van der Waals surface area (Å²) in [6, 6.07) is 0. The van der Waals surface area contributed by atoms with Crippen molar-refractivity contribution in [3.8, 4) is 0 Å². The first-order valence-electron chi connectivity index (χ1n) is 5.01. The van der Waals surface area contributed by atoms with E-state index in [9.17, 15) is 4.79 Å². The molecule has 0 aliphatic carbocycles. The Balaban J connectivity index is 1.89. The summed E-state index contributed by atoms with van der Waals surface area (Å²) >= 11 is 1.34. The quantitative estimate of drug-likeness (QED) is 0.742. The summed E-state index contributed by atoms with van der Waals surface area (Å²) in [5.74, 6) is 0.540. The number of rotatable bonds is 2. The van der Waals surface area contributed by atoms with Crippen LogP contribution in [-0.4, -0.2) is 46.4 Å². The van der Waals surface area contributed by atoms with E-state index in [1.807, 2.05) is 0 Å². The number of piperidine rings is 1. The number of amides is 1. The highest BCUT2D eigenvalue weighted by Crippen LogP contribution is 2.19. The largest absolute Gasteiger partial charge is 0.286 e. The second-order valence-electron chi connectivity index (χ2n) is 3.74. The van der Waals surface area contributed by atoms with Crippen LogP contribution in [-0.2, 0) is 4.79 Å². The predicted octanol–water partition coefficient (Wildman–Crippen LogP) is 0.940. The predicted molar refractivity (Wildman–Crippen MR) is 57.3 cm³/mol. The van der Waals surface area contributed by atoms with Crippen molar-refractivity contribution in [3.05, 3.63) is 0 Å². The Morgan fingerprint density at radius 2 is 2.00 bits per heavy atom. The molecule has 4 nitrogen and oxygen atoms in total. The first-order valence-corrected chi connectivity index (χ1v) is 6.00. The van der Waals surface area contributed by atoms with Crippen molar-refractivity contribution in [1.82, 2.24) is 9.80 Å². The minimum atomic E-state index is 0.0885. The molecule has 0 saturated carbocycles. The van der Waals surface area contributed by atoms with Crippen molar-refractivity contribution < 1.29 is 4.79 Å². The molecule has 2 aliphatic rings. The van der Waals surface area contributed by atoms with Gasteiger partial charge in [-0.15, -0.1) is 0 Å². The molecule has 0 aromatic heterocycles. The van der Waals surface area contributed by atoms with Crippen LogP contribution in [0.3, 0.4) is 0 Å². The van der Waals surface area contributed by atoms with E-state index < -0.39 is 0 Å². The average molecular weight is 213 g/mol. The van der Waals surface area contributed by atoms with Gasteiger partial charge in [0, 0.05) is 0 Å². The van der Waals surface area contributed by atoms with Crippen molar-refractivity contribution in [2.24, 2.45) is 0 Å². The standard InChI is InChI=1S/C9H15N3OS/c10-9-12(8(13)6-14-9)7-11-4-2-1-3-5-11/h10H,1-7H2. The van der Waals surface area contributed by atoms with Crippen molar-refractivity contribution >= 4 is 22.8 Å². The van der Waals surface area contributed by atoms with Gasteiger partial charge in [0.2, 0.25) is 5.91 Å².